The molecule has 1 N–H and O–H groups in total. The molecule has 2 aromatic heterocycles. The average molecular weight is 399 g/mol. The van der Waals surface area contributed by atoms with Crippen molar-refractivity contribution in [3.8, 4) is 22.3 Å². The Hall–Kier alpha value is -2.10. The largest absolute Gasteiger partial charge is 0.370 e. The van der Waals surface area contributed by atoms with E-state index in [1.54, 1.807) is 11.3 Å². The van der Waals surface area contributed by atoms with Crippen LogP contribution in [0.5, 0.6) is 0 Å². The fraction of sp³-hybridized carbons (Fsp3) is 0.222. The van der Waals surface area contributed by atoms with Crippen LogP contribution in [0.1, 0.15) is 24.0 Å². The fourth-order valence-corrected chi connectivity index (χ4v) is 4.40. The van der Waals surface area contributed by atoms with Crippen molar-refractivity contribution in [1.29, 1.82) is 5.26 Å². The molecule has 1 aliphatic rings. The minimum Gasteiger partial charge on any atom is -0.370 e. The van der Waals surface area contributed by atoms with Crippen molar-refractivity contribution in [1.82, 2.24) is 9.78 Å². The molecule has 0 radical (unpaired) electrons. The zero-order valence-corrected chi connectivity index (χ0v) is 15.3. The lowest BCUT2D eigenvalue weighted by Gasteiger charge is -2.09. The Balaban J connectivity index is 1.87. The Bertz CT molecular complexity index is 918. The van der Waals surface area contributed by atoms with Gasteiger partial charge >= 0.3 is 0 Å². The predicted octanol–water partition coefficient (Wildman–Crippen LogP) is 4.98. The summed E-state index contributed by atoms with van der Waals surface area (Å²) in [5.74, 6) is 1.08. The number of rotatable bonds is 2. The standard InChI is InChI=1S/C18H15BrN4S/c19-16-9-8-15(24-16)17-14-3-1-2-10-21-18(14)23(22-17)13-6-4-12(11-20)5-7-13/h4-9,21H,1-3,10H2. The Morgan fingerprint density at radius 3 is 2.71 bits per heavy atom. The molecule has 0 aliphatic carbocycles. The molecule has 120 valence electrons. The quantitative estimate of drug-likeness (QED) is 0.661. The van der Waals surface area contributed by atoms with E-state index in [0.29, 0.717) is 5.56 Å². The molecular formula is C18H15BrN4S. The summed E-state index contributed by atoms with van der Waals surface area (Å²) in [6.07, 6.45) is 3.36. The van der Waals surface area contributed by atoms with Crippen molar-refractivity contribution in [2.45, 2.75) is 19.3 Å². The van der Waals surface area contributed by atoms with Crippen LogP contribution >= 0.6 is 27.3 Å². The highest BCUT2D eigenvalue weighted by Gasteiger charge is 2.22. The molecule has 24 heavy (non-hydrogen) atoms. The summed E-state index contributed by atoms with van der Waals surface area (Å²) in [5, 5.41) is 17.4. The second-order valence-corrected chi connectivity index (χ2v) is 8.20. The monoisotopic (exact) mass is 398 g/mol. The molecule has 4 nitrogen and oxygen atoms in total. The molecule has 0 spiro atoms. The summed E-state index contributed by atoms with van der Waals surface area (Å²) in [6, 6.07) is 13.9. The van der Waals surface area contributed by atoms with Crippen LogP contribution in [0.15, 0.2) is 40.2 Å². The number of benzene rings is 1. The molecule has 4 rings (SSSR count). The number of halogens is 1. The van der Waals surface area contributed by atoms with Gasteiger partial charge in [-0.25, -0.2) is 4.68 Å². The number of hydrogen-bond acceptors (Lipinski definition) is 4. The Labute approximate surface area is 152 Å². The minimum absolute atomic E-state index is 0.660. The normalized spacial score (nSPS) is 13.7. The van der Waals surface area contributed by atoms with E-state index >= 15 is 0 Å². The first-order valence-electron chi connectivity index (χ1n) is 7.88. The number of aromatic nitrogens is 2. The summed E-state index contributed by atoms with van der Waals surface area (Å²) >= 11 is 5.25. The lowest BCUT2D eigenvalue weighted by Crippen LogP contribution is -2.07. The van der Waals surface area contributed by atoms with Crippen LogP contribution in [0.4, 0.5) is 5.82 Å². The van der Waals surface area contributed by atoms with E-state index < -0.39 is 0 Å². The van der Waals surface area contributed by atoms with Gasteiger partial charge in [0.05, 0.1) is 26.0 Å². The molecule has 3 heterocycles. The van der Waals surface area contributed by atoms with Crippen LogP contribution in [0.2, 0.25) is 0 Å². The summed E-state index contributed by atoms with van der Waals surface area (Å²) in [4.78, 5) is 1.18. The van der Waals surface area contributed by atoms with E-state index in [1.807, 2.05) is 28.9 Å². The average Bonchev–Trinajstić information content (AvgIpc) is 3.10. The summed E-state index contributed by atoms with van der Waals surface area (Å²) in [6.45, 7) is 0.961. The highest BCUT2D eigenvalue weighted by Crippen LogP contribution is 2.38. The first-order chi connectivity index (χ1) is 11.8. The smallest absolute Gasteiger partial charge is 0.133 e. The molecule has 1 aromatic carbocycles. The van der Waals surface area contributed by atoms with Gasteiger partial charge in [0.1, 0.15) is 11.5 Å². The summed E-state index contributed by atoms with van der Waals surface area (Å²) in [7, 11) is 0. The van der Waals surface area contributed by atoms with Gasteiger partial charge in [-0.1, -0.05) is 0 Å². The summed E-state index contributed by atoms with van der Waals surface area (Å²) in [5.41, 5.74) is 3.97. The SMILES string of the molecule is N#Cc1ccc(-n2nc(-c3ccc(Br)s3)c3c2NCCCC3)cc1. The molecule has 0 saturated carbocycles. The number of hydrogen-bond donors (Lipinski definition) is 1. The van der Waals surface area contributed by atoms with Crippen molar-refractivity contribution < 1.29 is 0 Å². The van der Waals surface area contributed by atoms with Crippen molar-refractivity contribution in [2.75, 3.05) is 11.9 Å². The van der Waals surface area contributed by atoms with Crippen LogP contribution in [0.3, 0.4) is 0 Å². The molecular weight excluding hydrogens is 384 g/mol. The van der Waals surface area contributed by atoms with Crippen LogP contribution in [-0.4, -0.2) is 16.3 Å². The van der Waals surface area contributed by atoms with Crippen LogP contribution in [0.25, 0.3) is 16.3 Å². The third-order valence-electron chi connectivity index (χ3n) is 4.18. The fourth-order valence-electron chi connectivity index (χ4n) is 3.01. The molecule has 1 aliphatic heterocycles. The zero-order valence-electron chi connectivity index (χ0n) is 12.9. The molecule has 0 atom stereocenters. The molecule has 0 unspecified atom stereocenters. The van der Waals surface area contributed by atoms with Gasteiger partial charge in [0, 0.05) is 12.1 Å². The van der Waals surface area contributed by atoms with Gasteiger partial charge < -0.3 is 5.32 Å². The van der Waals surface area contributed by atoms with Crippen molar-refractivity contribution in [2.24, 2.45) is 0 Å². The minimum atomic E-state index is 0.660. The highest BCUT2D eigenvalue weighted by atomic mass is 79.9. The second kappa shape index (κ2) is 6.42. The van der Waals surface area contributed by atoms with Crippen LogP contribution in [0, 0.1) is 11.3 Å². The lowest BCUT2D eigenvalue weighted by atomic mass is 10.1. The first kappa shape index (κ1) is 15.4. The predicted molar refractivity (Wildman–Crippen MR) is 101 cm³/mol. The van der Waals surface area contributed by atoms with Gasteiger partial charge in [-0.15, -0.1) is 11.3 Å². The van der Waals surface area contributed by atoms with Gasteiger partial charge in [0.15, 0.2) is 0 Å². The van der Waals surface area contributed by atoms with E-state index in [-0.39, 0.29) is 0 Å². The Morgan fingerprint density at radius 2 is 2.00 bits per heavy atom. The zero-order chi connectivity index (χ0) is 16.5. The maximum atomic E-state index is 9.00. The number of fused-ring (bicyclic) bond motifs is 1. The Morgan fingerprint density at radius 1 is 1.17 bits per heavy atom. The first-order valence-corrected chi connectivity index (χ1v) is 9.49. The van der Waals surface area contributed by atoms with Crippen molar-refractivity contribution in [3.05, 3.63) is 51.3 Å². The number of nitrogens with zero attached hydrogens (tertiary/aromatic N) is 3. The van der Waals surface area contributed by atoms with Gasteiger partial charge in [-0.2, -0.15) is 10.4 Å². The highest BCUT2D eigenvalue weighted by molar-refractivity contribution is 9.11. The molecule has 3 aromatic rings. The molecule has 0 bridgehead atoms. The molecule has 0 fully saturated rings. The lowest BCUT2D eigenvalue weighted by molar-refractivity contribution is 0.780. The molecule has 6 heteroatoms. The third-order valence-corrected chi connectivity index (χ3v) is 5.81. The van der Waals surface area contributed by atoms with Gasteiger partial charge in [0.2, 0.25) is 0 Å². The topological polar surface area (TPSA) is 53.6 Å². The van der Waals surface area contributed by atoms with Gasteiger partial charge in [0.25, 0.3) is 0 Å². The summed E-state index contributed by atoms with van der Waals surface area (Å²) < 4.78 is 3.09. The third kappa shape index (κ3) is 2.74. The van der Waals surface area contributed by atoms with E-state index in [0.717, 1.165) is 40.4 Å². The van der Waals surface area contributed by atoms with E-state index in [1.165, 1.54) is 16.9 Å². The van der Waals surface area contributed by atoms with E-state index in [9.17, 15) is 0 Å². The van der Waals surface area contributed by atoms with Gasteiger partial charge in [-0.05, 0) is 71.6 Å². The number of nitrogens with one attached hydrogen (secondary N) is 1. The number of thiophene rings is 1. The molecule has 0 amide bonds. The number of nitriles is 1. The van der Waals surface area contributed by atoms with E-state index in [4.69, 9.17) is 10.4 Å². The maximum Gasteiger partial charge on any atom is 0.133 e. The van der Waals surface area contributed by atoms with E-state index in [2.05, 4.69) is 39.4 Å². The number of anilines is 1. The van der Waals surface area contributed by atoms with Crippen molar-refractivity contribution in [3.63, 3.8) is 0 Å². The van der Waals surface area contributed by atoms with Crippen LogP contribution < -0.4 is 5.32 Å². The Kier molecular flexibility index (Phi) is 4.13. The van der Waals surface area contributed by atoms with Crippen LogP contribution in [-0.2, 0) is 6.42 Å². The molecule has 0 saturated heterocycles. The van der Waals surface area contributed by atoms with Gasteiger partial charge in [-0.3, -0.25) is 0 Å². The van der Waals surface area contributed by atoms with Crippen molar-refractivity contribution >= 4 is 33.1 Å². The second-order valence-electron chi connectivity index (χ2n) is 5.73. The maximum absolute atomic E-state index is 9.00.